The van der Waals surface area contributed by atoms with E-state index in [1.807, 2.05) is 0 Å². The fraction of sp³-hybridized carbons (Fsp3) is 0.467. The fourth-order valence-corrected chi connectivity index (χ4v) is 5.82. The van der Waals surface area contributed by atoms with Crippen molar-refractivity contribution in [3.8, 4) is 0 Å². The van der Waals surface area contributed by atoms with Gasteiger partial charge >= 0.3 is 24.4 Å². The first-order chi connectivity index (χ1) is 22.8. The Kier molecular flexibility index (Phi) is 9.41. The first-order valence-electron chi connectivity index (χ1n) is 14.9. The lowest BCUT2D eigenvalue weighted by Crippen LogP contribution is -2.46. The molecule has 2 heterocycles. The van der Waals surface area contributed by atoms with Crippen LogP contribution in [0.3, 0.4) is 0 Å². The molecule has 2 aliphatic heterocycles. The standard InChI is InChI=1S/C30H30F6N6O8/c1-16(10-12-37-25(45)39(23(43)27(37,2)3)17-6-8-21(41(47)48)19(14-17)29(31,32)33)11-13-38-26(46)40(24(44)28(38,4)5)18-7-9-22(42(49)50)20(15-18)30(34,35)36/h6-9,14-16H,10-13H2,1-5H3. The summed E-state index contributed by atoms with van der Waals surface area (Å²) in [4.78, 5) is 76.4. The zero-order valence-corrected chi connectivity index (χ0v) is 27.1. The molecule has 0 bridgehead atoms. The molecular weight excluding hydrogens is 686 g/mol. The molecule has 2 saturated heterocycles. The molecule has 20 heteroatoms. The molecule has 2 aromatic rings. The third-order valence-electron chi connectivity index (χ3n) is 8.82. The van der Waals surface area contributed by atoms with E-state index in [-0.39, 0.29) is 31.8 Å². The van der Waals surface area contributed by atoms with Gasteiger partial charge in [-0.2, -0.15) is 26.3 Å². The molecule has 50 heavy (non-hydrogen) atoms. The number of hydrogen-bond acceptors (Lipinski definition) is 8. The lowest BCUT2D eigenvalue weighted by molar-refractivity contribution is -0.388. The number of anilines is 2. The molecule has 0 N–H and O–H groups in total. The molecule has 0 spiro atoms. The number of nitro groups is 2. The number of nitrogens with zero attached hydrogens (tertiary/aromatic N) is 6. The van der Waals surface area contributed by atoms with Gasteiger partial charge in [0.15, 0.2) is 0 Å². The normalized spacial score (nSPS) is 17.8. The van der Waals surface area contributed by atoms with Gasteiger partial charge in [-0.05, 0) is 70.7 Å². The molecule has 6 amide bonds. The number of halogens is 6. The zero-order chi connectivity index (χ0) is 37.9. The van der Waals surface area contributed by atoms with Gasteiger partial charge in [0.2, 0.25) is 0 Å². The van der Waals surface area contributed by atoms with Gasteiger partial charge in [0.05, 0.1) is 21.2 Å². The molecule has 270 valence electrons. The van der Waals surface area contributed by atoms with Gasteiger partial charge < -0.3 is 9.80 Å². The summed E-state index contributed by atoms with van der Waals surface area (Å²) in [6.45, 7) is 7.06. The Morgan fingerprint density at radius 3 is 1.26 bits per heavy atom. The maximum absolute atomic E-state index is 13.6. The highest BCUT2D eigenvalue weighted by Crippen LogP contribution is 2.42. The largest absolute Gasteiger partial charge is 0.423 e. The third kappa shape index (κ3) is 6.52. The van der Waals surface area contributed by atoms with Crippen molar-refractivity contribution in [2.24, 2.45) is 5.92 Å². The lowest BCUT2D eigenvalue weighted by Gasteiger charge is -2.30. The van der Waals surface area contributed by atoms with E-state index in [0.717, 1.165) is 21.9 Å². The van der Waals surface area contributed by atoms with Gasteiger partial charge in [0.1, 0.15) is 22.2 Å². The van der Waals surface area contributed by atoms with Crippen LogP contribution >= 0.6 is 0 Å². The van der Waals surface area contributed by atoms with Gasteiger partial charge in [-0.25, -0.2) is 19.4 Å². The molecule has 0 radical (unpaired) electrons. The lowest BCUT2D eigenvalue weighted by atomic mass is 9.98. The van der Waals surface area contributed by atoms with Crippen molar-refractivity contribution in [1.82, 2.24) is 9.80 Å². The Morgan fingerprint density at radius 1 is 0.660 bits per heavy atom. The molecule has 0 unspecified atom stereocenters. The van der Waals surface area contributed by atoms with Crippen molar-refractivity contribution in [2.45, 2.75) is 70.9 Å². The van der Waals surface area contributed by atoms with E-state index >= 15 is 0 Å². The maximum atomic E-state index is 13.6. The summed E-state index contributed by atoms with van der Waals surface area (Å²) in [7, 11) is 0. The van der Waals surface area contributed by atoms with Crippen LogP contribution < -0.4 is 9.80 Å². The highest BCUT2D eigenvalue weighted by molar-refractivity contribution is 6.23. The molecule has 2 fully saturated rings. The number of carbonyl (C=O) groups excluding carboxylic acids is 4. The summed E-state index contributed by atoms with van der Waals surface area (Å²) in [6.07, 6.45) is -9.92. The number of rotatable bonds is 10. The first kappa shape index (κ1) is 37.5. The molecule has 0 aliphatic carbocycles. The van der Waals surface area contributed by atoms with Crippen LogP contribution in [-0.4, -0.2) is 67.7 Å². The molecule has 0 atom stereocenters. The summed E-state index contributed by atoms with van der Waals surface area (Å²) >= 11 is 0. The number of benzene rings is 2. The zero-order valence-electron chi connectivity index (χ0n) is 27.1. The predicted octanol–water partition coefficient (Wildman–Crippen LogP) is 6.75. The van der Waals surface area contributed by atoms with Crippen molar-refractivity contribution in [3.05, 3.63) is 67.8 Å². The number of urea groups is 2. The Morgan fingerprint density at radius 2 is 0.980 bits per heavy atom. The van der Waals surface area contributed by atoms with Crippen molar-refractivity contribution >= 4 is 46.6 Å². The minimum absolute atomic E-state index is 0.0836. The second kappa shape index (κ2) is 12.5. The van der Waals surface area contributed by atoms with Crippen LogP contribution in [0.15, 0.2) is 36.4 Å². The Labute approximate surface area is 279 Å². The molecule has 14 nitrogen and oxygen atoms in total. The summed E-state index contributed by atoms with van der Waals surface area (Å²) < 4.78 is 81.5. The SMILES string of the molecule is CC(CCN1C(=O)N(c2ccc([N+](=O)[O-])c(C(F)(F)F)c2)C(=O)C1(C)C)CCN1C(=O)N(c2ccc([N+](=O)[O-])c(C(F)(F)F)c2)C(=O)C1(C)C. The average Bonchev–Trinajstić information content (AvgIpc) is 3.27. The molecule has 0 aromatic heterocycles. The van der Waals surface area contributed by atoms with Crippen LogP contribution in [-0.2, 0) is 21.9 Å². The molecule has 2 aromatic carbocycles. The minimum Gasteiger partial charge on any atom is -0.310 e. The number of nitro benzene ring substituents is 2. The van der Waals surface area contributed by atoms with Gasteiger partial charge in [-0.1, -0.05) is 6.92 Å². The predicted molar refractivity (Wildman–Crippen MR) is 162 cm³/mol. The first-order valence-corrected chi connectivity index (χ1v) is 14.9. The highest BCUT2D eigenvalue weighted by Gasteiger charge is 2.54. The summed E-state index contributed by atoms with van der Waals surface area (Å²) in [5.74, 6) is -2.07. The van der Waals surface area contributed by atoms with Crippen molar-refractivity contribution in [3.63, 3.8) is 0 Å². The van der Waals surface area contributed by atoms with E-state index in [1.54, 1.807) is 6.92 Å². The van der Waals surface area contributed by atoms with Gasteiger partial charge in [-0.3, -0.25) is 29.8 Å². The topological polar surface area (TPSA) is 168 Å². The second-order valence-electron chi connectivity index (χ2n) is 12.9. The second-order valence-corrected chi connectivity index (χ2v) is 12.9. The van der Waals surface area contributed by atoms with E-state index in [1.165, 1.54) is 27.7 Å². The number of amides is 6. The molecular formula is C30H30F6N6O8. The molecule has 0 saturated carbocycles. The van der Waals surface area contributed by atoms with Crippen molar-refractivity contribution in [2.75, 3.05) is 22.9 Å². The monoisotopic (exact) mass is 716 g/mol. The van der Waals surface area contributed by atoms with Crippen LogP contribution in [0.25, 0.3) is 0 Å². The van der Waals surface area contributed by atoms with Crippen LogP contribution in [0.4, 0.5) is 58.7 Å². The Hall–Kier alpha value is -5.30. The molecule has 4 rings (SSSR count). The third-order valence-corrected chi connectivity index (χ3v) is 8.82. The van der Waals surface area contributed by atoms with Crippen LogP contribution in [0.1, 0.15) is 58.6 Å². The fourth-order valence-electron chi connectivity index (χ4n) is 5.82. The van der Waals surface area contributed by atoms with E-state index < -0.39 is 91.0 Å². The highest BCUT2D eigenvalue weighted by atomic mass is 19.4. The van der Waals surface area contributed by atoms with E-state index in [0.29, 0.717) is 34.1 Å². The van der Waals surface area contributed by atoms with Gasteiger partial charge in [-0.15, -0.1) is 0 Å². The summed E-state index contributed by atoms with van der Waals surface area (Å²) in [5, 5.41) is 22.3. The smallest absolute Gasteiger partial charge is 0.310 e. The van der Waals surface area contributed by atoms with Gasteiger partial charge in [0.25, 0.3) is 23.2 Å². The van der Waals surface area contributed by atoms with E-state index in [9.17, 15) is 65.7 Å². The van der Waals surface area contributed by atoms with Crippen LogP contribution in [0.2, 0.25) is 0 Å². The quantitative estimate of drug-likeness (QED) is 0.113. The van der Waals surface area contributed by atoms with Gasteiger partial charge in [0, 0.05) is 25.2 Å². The van der Waals surface area contributed by atoms with E-state index in [4.69, 9.17) is 0 Å². The summed E-state index contributed by atoms with van der Waals surface area (Å²) in [5.41, 5.74) is -9.88. The van der Waals surface area contributed by atoms with Crippen molar-refractivity contribution in [1.29, 1.82) is 0 Å². The number of alkyl halides is 6. The average molecular weight is 717 g/mol. The Bertz CT molecular complexity index is 1670. The van der Waals surface area contributed by atoms with Crippen LogP contribution in [0.5, 0.6) is 0 Å². The number of imide groups is 2. The van der Waals surface area contributed by atoms with E-state index in [2.05, 4.69) is 0 Å². The summed E-state index contributed by atoms with van der Waals surface area (Å²) in [6, 6.07) is 1.63. The van der Waals surface area contributed by atoms with Crippen molar-refractivity contribution < 1.29 is 55.4 Å². The molecule has 2 aliphatic rings. The Balaban J connectivity index is 1.48. The maximum Gasteiger partial charge on any atom is 0.423 e. The minimum atomic E-state index is -5.16. The van der Waals surface area contributed by atoms with Crippen LogP contribution in [0, 0.1) is 26.1 Å². The number of hydrogen-bond donors (Lipinski definition) is 0. The number of carbonyl (C=O) groups is 4.